The third-order valence-corrected chi connectivity index (χ3v) is 4.87. The van der Waals surface area contributed by atoms with Crippen LogP contribution in [0.3, 0.4) is 0 Å². The Morgan fingerprint density at radius 2 is 2.12 bits per heavy atom. The van der Waals surface area contributed by atoms with Crippen molar-refractivity contribution in [1.82, 2.24) is 20.2 Å². The molecule has 8 heteroatoms. The van der Waals surface area contributed by atoms with E-state index < -0.39 is 0 Å². The third kappa shape index (κ3) is 3.18. The molecule has 0 atom stereocenters. The van der Waals surface area contributed by atoms with Gasteiger partial charge >= 0.3 is 0 Å². The predicted octanol–water partition coefficient (Wildman–Crippen LogP) is 2.22. The second-order valence-electron chi connectivity index (χ2n) is 5.80. The number of nitrogens with one attached hydrogen (secondary N) is 2. The normalized spacial score (nSPS) is 14.0. The number of nitrogens with zero attached hydrogens (tertiary/aromatic N) is 3. The van der Waals surface area contributed by atoms with E-state index in [2.05, 4.69) is 25.5 Å². The van der Waals surface area contributed by atoms with E-state index in [0.29, 0.717) is 27.8 Å². The summed E-state index contributed by atoms with van der Waals surface area (Å²) in [7, 11) is 0. The molecule has 2 aromatic heterocycles. The van der Waals surface area contributed by atoms with Gasteiger partial charge in [-0.3, -0.25) is 9.59 Å². The van der Waals surface area contributed by atoms with Gasteiger partial charge in [-0.15, -0.1) is 10.2 Å². The lowest BCUT2D eigenvalue weighted by Gasteiger charge is -2.03. The number of hydrogen-bond donors (Lipinski definition) is 2. The lowest BCUT2D eigenvalue weighted by atomic mass is 10.2. The van der Waals surface area contributed by atoms with Crippen LogP contribution in [-0.2, 0) is 11.2 Å². The Hall–Kier alpha value is -2.61. The molecular weight excluding hydrogens is 326 g/mol. The predicted molar refractivity (Wildman–Crippen MR) is 91.2 cm³/mol. The Bertz CT molecular complexity index is 960. The van der Waals surface area contributed by atoms with Crippen molar-refractivity contribution in [3.05, 3.63) is 45.3 Å². The van der Waals surface area contributed by atoms with E-state index in [0.717, 1.165) is 17.8 Å². The first-order chi connectivity index (χ1) is 11.7. The van der Waals surface area contributed by atoms with Crippen molar-refractivity contribution >= 4 is 33.4 Å². The van der Waals surface area contributed by atoms with Gasteiger partial charge in [0.1, 0.15) is 10.7 Å². The molecular formula is C16H15N5O2S. The van der Waals surface area contributed by atoms with Crippen LogP contribution in [0.15, 0.2) is 29.1 Å². The number of para-hydroxylation sites is 2. The molecule has 0 spiro atoms. The first-order valence-corrected chi connectivity index (χ1v) is 8.62. The molecule has 2 N–H and O–H groups in total. The molecule has 0 unspecified atom stereocenters. The van der Waals surface area contributed by atoms with Gasteiger partial charge in [0.05, 0.1) is 11.0 Å². The van der Waals surface area contributed by atoms with Crippen LogP contribution in [0.2, 0.25) is 0 Å². The summed E-state index contributed by atoms with van der Waals surface area (Å²) in [6, 6.07) is 7.32. The van der Waals surface area contributed by atoms with E-state index in [9.17, 15) is 9.59 Å². The molecule has 4 rings (SSSR count). The maximum absolute atomic E-state index is 12.0. The zero-order chi connectivity index (χ0) is 16.5. The van der Waals surface area contributed by atoms with Gasteiger partial charge < -0.3 is 10.3 Å². The molecule has 1 aliphatic rings. The fraction of sp³-hybridized carbons (Fsp3) is 0.312. The van der Waals surface area contributed by atoms with Gasteiger partial charge in [0.2, 0.25) is 11.0 Å². The first-order valence-electron chi connectivity index (χ1n) is 7.80. The number of anilines is 1. The van der Waals surface area contributed by atoms with E-state index in [4.69, 9.17) is 0 Å². The number of hydrogen-bond acceptors (Lipinski definition) is 6. The van der Waals surface area contributed by atoms with E-state index in [1.54, 1.807) is 6.07 Å². The van der Waals surface area contributed by atoms with Gasteiger partial charge in [-0.1, -0.05) is 23.5 Å². The van der Waals surface area contributed by atoms with E-state index in [-0.39, 0.29) is 24.3 Å². The van der Waals surface area contributed by atoms with Crippen LogP contribution >= 0.6 is 11.3 Å². The van der Waals surface area contributed by atoms with Crippen LogP contribution in [0.5, 0.6) is 0 Å². The molecule has 24 heavy (non-hydrogen) atoms. The van der Waals surface area contributed by atoms with Gasteiger partial charge in [-0.05, 0) is 25.0 Å². The Morgan fingerprint density at radius 1 is 1.29 bits per heavy atom. The third-order valence-electron chi connectivity index (χ3n) is 3.87. The van der Waals surface area contributed by atoms with Gasteiger partial charge in [0.25, 0.3) is 5.56 Å². The van der Waals surface area contributed by atoms with E-state index >= 15 is 0 Å². The quantitative estimate of drug-likeness (QED) is 0.741. The van der Waals surface area contributed by atoms with E-state index in [1.807, 2.05) is 18.2 Å². The largest absolute Gasteiger partial charge is 0.319 e. The second kappa shape index (κ2) is 6.12. The highest BCUT2D eigenvalue weighted by atomic mass is 32.1. The van der Waals surface area contributed by atoms with Crippen molar-refractivity contribution < 1.29 is 4.79 Å². The smallest absolute Gasteiger partial charge is 0.270 e. The van der Waals surface area contributed by atoms with Gasteiger partial charge in [-0.2, -0.15) is 0 Å². The average Bonchev–Trinajstić information content (AvgIpc) is 3.33. The Kier molecular flexibility index (Phi) is 3.81. The lowest BCUT2D eigenvalue weighted by Crippen LogP contribution is -2.18. The molecule has 3 aromatic rings. The molecule has 1 aliphatic carbocycles. The minimum absolute atomic E-state index is 0.173. The van der Waals surface area contributed by atoms with Crippen LogP contribution < -0.4 is 10.9 Å². The number of aromatic amines is 1. The van der Waals surface area contributed by atoms with Crippen molar-refractivity contribution in [1.29, 1.82) is 0 Å². The first kappa shape index (κ1) is 14.9. The van der Waals surface area contributed by atoms with Crippen molar-refractivity contribution in [2.24, 2.45) is 0 Å². The van der Waals surface area contributed by atoms with Crippen molar-refractivity contribution in [3.63, 3.8) is 0 Å². The number of aromatic nitrogens is 4. The van der Waals surface area contributed by atoms with E-state index in [1.165, 1.54) is 11.3 Å². The summed E-state index contributed by atoms with van der Waals surface area (Å²) in [6.07, 6.45) is 2.75. The molecule has 7 nitrogen and oxygen atoms in total. The summed E-state index contributed by atoms with van der Waals surface area (Å²) in [5.74, 6) is 0.330. The zero-order valence-corrected chi connectivity index (χ0v) is 13.6. The van der Waals surface area contributed by atoms with Crippen molar-refractivity contribution in [2.75, 3.05) is 5.32 Å². The maximum atomic E-state index is 12.0. The fourth-order valence-corrected chi connectivity index (χ4v) is 3.36. The van der Waals surface area contributed by atoms with Crippen LogP contribution in [0.25, 0.3) is 11.0 Å². The number of fused-ring (bicyclic) bond motifs is 1. The number of amides is 1. The molecule has 0 aliphatic heterocycles. The zero-order valence-electron chi connectivity index (χ0n) is 12.8. The molecule has 1 aromatic carbocycles. The number of benzene rings is 1. The lowest BCUT2D eigenvalue weighted by molar-refractivity contribution is -0.116. The number of carbonyl (C=O) groups excluding carboxylic acids is 1. The summed E-state index contributed by atoms with van der Waals surface area (Å²) >= 11 is 1.42. The Morgan fingerprint density at radius 3 is 2.96 bits per heavy atom. The topological polar surface area (TPSA) is 101 Å². The van der Waals surface area contributed by atoms with Crippen molar-refractivity contribution in [3.8, 4) is 0 Å². The molecule has 1 saturated carbocycles. The molecule has 2 heterocycles. The summed E-state index contributed by atoms with van der Waals surface area (Å²) in [4.78, 5) is 31.2. The molecule has 0 radical (unpaired) electrons. The molecule has 1 fully saturated rings. The second-order valence-corrected chi connectivity index (χ2v) is 6.81. The molecule has 0 bridgehead atoms. The number of aryl methyl sites for hydroxylation is 1. The summed E-state index contributed by atoms with van der Waals surface area (Å²) < 4.78 is 0. The Balaban J connectivity index is 1.41. The SMILES string of the molecule is O=C(CCc1nc2ccccc2[nH]c1=O)Nc1nnc(C2CC2)s1. The average molecular weight is 341 g/mol. The summed E-state index contributed by atoms with van der Waals surface area (Å²) in [6.45, 7) is 0. The van der Waals surface area contributed by atoms with Crippen LogP contribution in [0.1, 0.15) is 35.9 Å². The molecule has 122 valence electrons. The molecule has 0 saturated heterocycles. The highest BCUT2D eigenvalue weighted by Gasteiger charge is 2.27. The highest BCUT2D eigenvalue weighted by molar-refractivity contribution is 7.15. The maximum Gasteiger partial charge on any atom is 0.270 e. The minimum atomic E-state index is -0.256. The highest BCUT2D eigenvalue weighted by Crippen LogP contribution is 2.42. The fourth-order valence-electron chi connectivity index (χ4n) is 2.43. The van der Waals surface area contributed by atoms with Crippen LogP contribution in [-0.4, -0.2) is 26.1 Å². The van der Waals surface area contributed by atoms with Gasteiger partial charge in [-0.25, -0.2) is 4.98 Å². The molecule has 1 amide bonds. The standard InChI is InChI=1S/C16H15N5O2S/c22-13(19-16-21-20-15(24-16)9-5-6-9)8-7-12-14(23)18-11-4-2-1-3-10(11)17-12/h1-4,9H,5-8H2,(H,18,23)(H,19,21,22). The van der Waals surface area contributed by atoms with Gasteiger partial charge in [0.15, 0.2) is 0 Å². The van der Waals surface area contributed by atoms with Crippen LogP contribution in [0, 0.1) is 0 Å². The number of H-pyrrole nitrogens is 1. The minimum Gasteiger partial charge on any atom is -0.319 e. The monoisotopic (exact) mass is 341 g/mol. The number of carbonyl (C=O) groups is 1. The summed E-state index contributed by atoms with van der Waals surface area (Å²) in [5.41, 5.74) is 1.51. The van der Waals surface area contributed by atoms with Crippen LogP contribution in [0.4, 0.5) is 5.13 Å². The van der Waals surface area contributed by atoms with Gasteiger partial charge in [0, 0.05) is 18.8 Å². The number of rotatable bonds is 5. The Labute approximate surface area is 141 Å². The van der Waals surface area contributed by atoms with Crippen molar-refractivity contribution in [2.45, 2.75) is 31.6 Å². The summed E-state index contributed by atoms with van der Waals surface area (Å²) in [5, 5.41) is 12.3.